The molecule has 0 bridgehead atoms. The Kier molecular flexibility index (Phi) is 10.8. The smallest absolute Gasteiger partial charge is 0.150 e. The van der Waals surface area contributed by atoms with E-state index in [1.54, 1.807) is 24.3 Å². The van der Waals surface area contributed by atoms with Gasteiger partial charge in [0.1, 0.15) is 12.6 Å². The molecule has 0 aliphatic rings. The number of hydrogen-bond acceptors (Lipinski definition) is 3. The summed E-state index contributed by atoms with van der Waals surface area (Å²) in [7, 11) is 3.75. The van der Waals surface area contributed by atoms with Crippen molar-refractivity contribution < 1.29 is 9.59 Å². The molecule has 0 heterocycles. The van der Waals surface area contributed by atoms with E-state index in [4.69, 9.17) is 0 Å². The largest absolute Gasteiger partial charge is 0.323 e. The van der Waals surface area contributed by atoms with Crippen LogP contribution in [0.4, 0.5) is 0 Å². The first-order chi connectivity index (χ1) is 9.28. The number of aldehydes is 2. The van der Waals surface area contributed by atoms with Crippen LogP contribution < -0.4 is 5.32 Å². The van der Waals surface area contributed by atoms with Crippen molar-refractivity contribution in [3.63, 3.8) is 0 Å². The molecule has 3 heteroatoms. The summed E-state index contributed by atoms with van der Waals surface area (Å²) in [5.74, 6) is 0. The minimum absolute atomic E-state index is 0.729. The van der Waals surface area contributed by atoms with E-state index in [0.29, 0.717) is 0 Å². The number of rotatable bonds is 2. The molecule has 0 spiro atoms. The van der Waals surface area contributed by atoms with Crippen molar-refractivity contribution in [2.75, 3.05) is 14.1 Å². The molecule has 1 N–H and O–H groups in total. The number of nitrogens with one attached hydrogen (secondary N) is 1. The van der Waals surface area contributed by atoms with Crippen LogP contribution in [0.1, 0.15) is 20.7 Å². The molecule has 0 saturated heterocycles. The summed E-state index contributed by atoms with van der Waals surface area (Å²) in [6, 6.07) is 18.2. The van der Waals surface area contributed by atoms with Gasteiger partial charge in [0.15, 0.2) is 0 Å². The standard InChI is InChI=1S/2C7H6O.C2H7N/c2*8-6-7-4-2-1-3-5-7;1-3-2/h2*1-6H;3H,1-2H3. The quantitative estimate of drug-likeness (QED) is 0.841. The second kappa shape index (κ2) is 12.2. The molecule has 0 saturated carbocycles. The maximum absolute atomic E-state index is 10.0. The van der Waals surface area contributed by atoms with E-state index < -0.39 is 0 Å². The number of carbonyl (C=O) groups is 2. The number of hydrogen-bond donors (Lipinski definition) is 1. The first kappa shape index (κ1) is 16.7. The third-order valence-corrected chi connectivity index (χ3v) is 1.87. The van der Waals surface area contributed by atoms with E-state index in [9.17, 15) is 9.59 Å². The van der Waals surface area contributed by atoms with Crippen LogP contribution in [-0.2, 0) is 0 Å². The van der Waals surface area contributed by atoms with Gasteiger partial charge in [-0.3, -0.25) is 9.59 Å². The molecule has 2 aromatic rings. The topological polar surface area (TPSA) is 46.2 Å². The van der Waals surface area contributed by atoms with Crippen LogP contribution in [0.2, 0.25) is 0 Å². The van der Waals surface area contributed by atoms with Crippen LogP contribution in [0.3, 0.4) is 0 Å². The summed E-state index contributed by atoms with van der Waals surface area (Å²) in [6.07, 6.45) is 1.67. The molecular weight excluding hydrogens is 238 g/mol. The van der Waals surface area contributed by atoms with Gasteiger partial charge < -0.3 is 5.32 Å². The Bertz CT molecular complexity index is 397. The van der Waals surface area contributed by atoms with E-state index >= 15 is 0 Å². The Morgan fingerprint density at radius 2 is 0.947 bits per heavy atom. The summed E-state index contributed by atoms with van der Waals surface area (Å²) >= 11 is 0. The SMILES string of the molecule is CNC.O=Cc1ccccc1.O=Cc1ccccc1. The van der Waals surface area contributed by atoms with Crippen LogP contribution in [0.15, 0.2) is 60.7 Å². The Morgan fingerprint density at radius 1 is 0.684 bits per heavy atom. The lowest BCUT2D eigenvalue weighted by atomic mass is 10.2. The molecule has 0 fully saturated rings. The lowest BCUT2D eigenvalue weighted by Gasteiger charge is -1.81. The monoisotopic (exact) mass is 257 g/mol. The molecule has 19 heavy (non-hydrogen) atoms. The highest BCUT2D eigenvalue weighted by atomic mass is 16.1. The summed E-state index contributed by atoms with van der Waals surface area (Å²) in [6.45, 7) is 0. The number of benzene rings is 2. The molecule has 3 nitrogen and oxygen atoms in total. The third kappa shape index (κ3) is 9.44. The highest BCUT2D eigenvalue weighted by Gasteiger charge is 1.80. The van der Waals surface area contributed by atoms with Crippen LogP contribution in [0.25, 0.3) is 0 Å². The molecule has 0 unspecified atom stereocenters. The highest BCUT2D eigenvalue weighted by molar-refractivity contribution is 5.74. The van der Waals surface area contributed by atoms with E-state index in [2.05, 4.69) is 5.32 Å². The Morgan fingerprint density at radius 3 is 1.11 bits per heavy atom. The van der Waals surface area contributed by atoms with Crippen LogP contribution >= 0.6 is 0 Å². The maximum Gasteiger partial charge on any atom is 0.150 e. The number of carbonyl (C=O) groups excluding carboxylic acids is 2. The summed E-state index contributed by atoms with van der Waals surface area (Å²) in [5, 5.41) is 2.75. The second-order valence-electron chi connectivity index (χ2n) is 3.56. The van der Waals surface area contributed by atoms with Gasteiger partial charge in [0.05, 0.1) is 0 Å². The normalized spacial score (nSPS) is 8.11. The molecule has 0 aliphatic carbocycles. The van der Waals surface area contributed by atoms with E-state index in [-0.39, 0.29) is 0 Å². The maximum atomic E-state index is 10.0. The Labute approximate surface area is 114 Å². The van der Waals surface area contributed by atoms with Crippen molar-refractivity contribution >= 4 is 12.6 Å². The summed E-state index contributed by atoms with van der Waals surface area (Å²) < 4.78 is 0. The fourth-order valence-electron chi connectivity index (χ4n) is 1.06. The van der Waals surface area contributed by atoms with Crippen molar-refractivity contribution in [1.29, 1.82) is 0 Å². The Hall–Kier alpha value is -2.26. The van der Waals surface area contributed by atoms with Gasteiger partial charge in [0, 0.05) is 11.1 Å². The van der Waals surface area contributed by atoms with Gasteiger partial charge >= 0.3 is 0 Å². The van der Waals surface area contributed by atoms with Gasteiger partial charge in [0.2, 0.25) is 0 Å². The van der Waals surface area contributed by atoms with Gasteiger partial charge in [-0.2, -0.15) is 0 Å². The average molecular weight is 257 g/mol. The van der Waals surface area contributed by atoms with Crippen molar-refractivity contribution in [1.82, 2.24) is 5.32 Å². The van der Waals surface area contributed by atoms with Crippen LogP contribution in [-0.4, -0.2) is 26.7 Å². The van der Waals surface area contributed by atoms with Gasteiger partial charge in [-0.25, -0.2) is 0 Å². The molecule has 0 aliphatic heterocycles. The predicted molar refractivity (Wildman–Crippen MR) is 78.6 cm³/mol. The molecule has 2 aromatic carbocycles. The van der Waals surface area contributed by atoms with Crippen molar-refractivity contribution in [3.05, 3.63) is 71.8 Å². The summed E-state index contributed by atoms with van der Waals surface area (Å²) in [5.41, 5.74) is 1.46. The van der Waals surface area contributed by atoms with Gasteiger partial charge in [-0.15, -0.1) is 0 Å². The minimum Gasteiger partial charge on any atom is -0.323 e. The predicted octanol–water partition coefficient (Wildman–Crippen LogP) is 2.83. The fraction of sp³-hybridized carbons (Fsp3) is 0.125. The minimum atomic E-state index is 0.729. The molecule has 0 aromatic heterocycles. The first-order valence-corrected chi connectivity index (χ1v) is 5.87. The molecule has 100 valence electrons. The lowest BCUT2D eigenvalue weighted by Crippen LogP contribution is -1.89. The molecule has 2 rings (SSSR count). The van der Waals surface area contributed by atoms with E-state index in [0.717, 1.165) is 23.7 Å². The third-order valence-electron chi connectivity index (χ3n) is 1.87. The zero-order valence-electron chi connectivity index (χ0n) is 11.2. The van der Waals surface area contributed by atoms with Crippen molar-refractivity contribution in [2.45, 2.75) is 0 Å². The molecular formula is C16H19NO2. The highest BCUT2D eigenvalue weighted by Crippen LogP contribution is 1.92. The summed E-state index contributed by atoms with van der Waals surface area (Å²) in [4.78, 5) is 20.0. The Balaban J connectivity index is 0.000000284. The van der Waals surface area contributed by atoms with E-state index in [1.807, 2.05) is 50.5 Å². The van der Waals surface area contributed by atoms with Crippen molar-refractivity contribution in [3.8, 4) is 0 Å². The average Bonchev–Trinajstić information content (AvgIpc) is 2.50. The second-order valence-corrected chi connectivity index (χ2v) is 3.56. The zero-order valence-corrected chi connectivity index (χ0v) is 11.2. The lowest BCUT2D eigenvalue weighted by molar-refractivity contribution is 0.111. The first-order valence-electron chi connectivity index (χ1n) is 5.87. The zero-order chi connectivity index (χ0) is 14.3. The van der Waals surface area contributed by atoms with Gasteiger partial charge in [-0.1, -0.05) is 60.7 Å². The molecule has 0 atom stereocenters. The van der Waals surface area contributed by atoms with Crippen LogP contribution in [0, 0.1) is 0 Å². The van der Waals surface area contributed by atoms with Crippen LogP contribution in [0.5, 0.6) is 0 Å². The molecule has 0 radical (unpaired) electrons. The van der Waals surface area contributed by atoms with E-state index in [1.165, 1.54) is 0 Å². The van der Waals surface area contributed by atoms with Gasteiger partial charge in [0.25, 0.3) is 0 Å². The molecule has 0 amide bonds. The fourth-order valence-corrected chi connectivity index (χ4v) is 1.06. The van der Waals surface area contributed by atoms with Gasteiger partial charge in [-0.05, 0) is 14.1 Å². The van der Waals surface area contributed by atoms with Crippen molar-refractivity contribution in [2.24, 2.45) is 0 Å².